The molecule has 2 aromatic rings. The zero-order valence-corrected chi connectivity index (χ0v) is 14.2. The smallest absolute Gasteiger partial charge is 0.224 e. The Hall–Kier alpha value is -1.75. The molecule has 2 atom stereocenters. The van der Waals surface area contributed by atoms with Crippen LogP contribution in [0.15, 0.2) is 36.4 Å². The molecule has 0 unspecified atom stereocenters. The Labute approximate surface area is 141 Å². The third-order valence-corrected chi connectivity index (χ3v) is 4.95. The molecule has 1 aliphatic rings. The molecule has 4 nitrogen and oxygen atoms in total. The van der Waals surface area contributed by atoms with Crippen molar-refractivity contribution >= 4 is 28.7 Å². The number of thioether (sulfide) groups is 1. The molecule has 0 radical (unpaired) electrons. The van der Waals surface area contributed by atoms with Crippen LogP contribution in [0.25, 0.3) is 11.0 Å². The summed E-state index contributed by atoms with van der Waals surface area (Å²) in [6, 6.07) is 7.94. The Morgan fingerprint density at radius 2 is 2.30 bits per heavy atom. The summed E-state index contributed by atoms with van der Waals surface area (Å²) in [5, 5.41) is 3.22. The molecule has 1 aliphatic carbocycles. The van der Waals surface area contributed by atoms with Gasteiger partial charge in [0, 0.05) is 5.92 Å². The van der Waals surface area contributed by atoms with E-state index in [9.17, 15) is 4.79 Å². The van der Waals surface area contributed by atoms with Crippen LogP contribution in [0.2, 0.25) is 0 Å². The van der Waals surface area contributed by atoms with Gasteiger partial charge in [0.05, 0.1) is 17.1 Å². The van der Waals surface area contributed by atoms with Crippen LogP contribution >= 0.6 is 11.8 Å². The normalized spacial score (nSPS) is 18.9. The number of carbonyl (C=O) groups is 1. The molecule has 23 heavy (non-hydrogen) atoms. The van der Waals surface area contributed by atoms with Gasteiger partial charge in [0.25, 0.3) is 0 Å². The molecule has 1 aromatic carbocycles. The molecule has 1 aromatic heterocycles. The number of nitrogens with one attached hydrogen (secondary N) is 2. The number of amides is 1. The van der Waals surface area contributed by atoms with Gasteiger partial charge in [-0.05, 0) is 49.8 Å². The van der Waals surface area contributed by atoms with Crippen molar-refractivity contribution in [3.05, 3.63) is 42.2 Å². The lowest BCUT2D eigenvalue weighted by Crippen LogP contribution is -2.35. The molecular formula is C18H23N3OS. The van der Waals surface area contributed by atoms with Crippen molar-refractivity contribution < 1.29 is 4.79 Å². The number of aromatic nitrogens is 2. The van der Waals surface area contributed by atoms with Gasteiger partial charge in [-0.1, -0.05) is 24.3 Å². The zero-order valence-electron chi connectivity index (χ0n) is 13.4. The second-order valence-electron chi connectivity index (χ2n) is 5.96. The number of rotatable bonds is 6. The molecule has 2 N–H and O–H groups in total. The fourth-order valence-corrected chi connectivity index (χ4v) is 3.44. The Morgan fingerprint density at radius 3 is 3.04 bits per heavy atom. The van der Waals surface area contributed by atoms with Gasteiger partial charge >= 0.3 is 0 Å². The largest absolute Gasteiger partial charge is 0.346 e. The maximum atomic E-state index is 12.6. The third kappa shape index (κ3) is 3.96. The maximum Gasteiger partial charge on any atom is 0.224 e. The van der Waals surface area contributed by atoms with E-state index in [0.29, 0.717) is 0 Å². The zero-order chi connectivity index (χ0) is 16.1. The summed E-state index contributed by atoms with van der Waals surface area (Å²) in [6.45, 7) is 0. The van der Waals surface area contributed by atoms with Gasteiger partial charge in [-0.15, -0.1) is 0 Å². The highest BCUT2D eigenvalue weighted by atomic mass is 32.2. The van der Waals surface area contributed by atoms with E-state index in [0.717, 1.165) is 48.3 Å². The average molecular weight is 329 g/mol. The lowest BCUT2D eigenvalue weighted by Gasteiger charge is -2.22. The number of imidazole rings is 1. The van der Waals surface area contributed by atoms with Crippen molar-refractivity contribution in [2.45, 2.75) is 31.7 Å². The van der Waals surface area contributed by atoms with Crippen molar-refractivity contribution in [3.8, 4) is 0 Å². The van der Waals surface area contributed by atoms with E-state index >= 15 is 0 Å². The quantitative estimate of drug-likeness (QED) is 0.792. The fraction of sp³-hybridized carbons (Fsp3) is 0.444. The summed E-state index contributed by atoms with van der Waals surface area (Å²) in [6.07, 6.45) is 10.0. The predicted molar refractivity (Wildman–Crippen MR) is 96.5 cm³/mol. The second kappa shape index (κ2) is 7.68. The third-order valence-electron chi connectivity index (χ3n) is 4.30. The maximum absolute atomic E-state index is 12.6. The minimum Gasteiger partial charge on any atom is -0.346 e. The number of nitrogens with zero attached hydrogens (tertiary/aromatic N) is 1. The molecule has 0 spiro atoms. The minimum atomic E-state index is -0.0479. The van der Waals surface area contributed by atoms with Gasteiger partial charge in [-0.3, -0.25) is 4.79 Å². The number of aromatic amines is 1. The molecule has 0 fully saturated rings. The summed E-state index contributed by atoms with van der Waals surface area (Å²) >= 11 is 1.79. The molecule has 0 saturated carbocycles. The van der Waals surface area contributed by atoms with Crippen LogP contribution in [-0.2, 0) is 4.79 Å². The van der Waals surface area contributed by atoms with Crippen LogP contribution < -0.4 is 5.32 Å². The van der Waals surface area contributed by atoms with Gasteiger partial charge < -0.3 is 10.3 Å². The number of para-hydroxylation sites is 2. The van der Waals surface area contributed by atoms with Crippen molar-refractivity contribution in [2.24, 2.45) is 5.92 Å². The number of carbonyl (C=O) groups excluding carboxylic acids is 1. The number of hydrogen-bond acceptors (Lipinski definition) is 3. The predicted octanol–water partition coefficient (Wildman–Crippen LogP) is 3.83. The van der Waals surface area contributed by atoms with Crippen LogP contribution in [0.5, 0.6) is 0 Å². The second-order valence-corrected chi connectivity index (χ2v) is 6.95. The lowest BCUT2D eigenvalue weighted by atomic mass is 9.93. The van der Waals surface area contributed by atoms with Gasteiger partial charge in [0.15, 0.2) is 0 Å². The van der Waals surface area contributed by atoms with E-state index in [-0.39, 0.29) is 17.9 Å². The van der Waals surface area contributed by atoms with Gasteiger partial charge in [-0.25, -0.2) is 4.98 Å². The molecule has 1 amide bonds. The van der Waals surface area contributed by atoms with E-state index in [1.54, 1.807) is 11.8 Å². The Bertz CT molecular complexity index is 661. The summed E-state index contributed by atoms with van der Waals surface area (Å²) in [5.74, 6) is 2.11. The highest BCUT2D eigenvalue weighted by Gasteiger charge is 2.24. The molecule has 0 saturated heterocycles. The van der Waals surface area contributed by atoms with Gasteiger partial charge in [0.2, 0.25) is 5.91 Å². The van der Waals surface area contributed by atoms with Crippen LogP contribution in [0.4, 0.5) is 0 Å². The Kier molecular flexibility index (Phi) is 5.39. The first-order chi connectivity index (χ1) is 11.3. The van der Waals surface area contributed by atoms with Crippen molar-refractivity contribution in [1.29, 1.82) is 0 Å². The number of fused-ring (bicyclic) bond motifs is 1. The number of hydrogen-bond donors (Lipinski definition) is 2. The Morgan fingerprint density at radius 1 is 1.43 bits per heavy atom. The molecule has 1 heterocycles. The highest BCUT2D eigenvalue weighted by Crippen LogP contribution is 2.23. The fourth-order valence-electron chi connectivity index (χ4n) is 2.97. The number of allylic oxidation sites excluding steroid dienone is 2. The van der Waals surface area contributed by atoms with Crippen LogP contribution in [0.3, 0.4) is 0 Å². The lowest BCUT2D eigenvalue weighted by molar-refractivity contribution is -0.126. The standard InChI is InChI=1S/C18H23N3OS/c1-23-12-11-16(21-18(22)13-7-3-2-4-8-13)17-19-14-9-5-6-10-15(14)20-17/h2-3,5-6,9-10,13,16H,4,7-8,11-12H2,1H3,(H,19,20)(H,21,22)/t13-,16+/m1/s1. The number of H-pyrrole nitrogens is 1. The van der Waals surface area contributed by atoms with Crippen LogP contribution in [-0.4, -0.2) is 27.9 Å². The van der Waals surface area contributed by atoms with E-state index < -0.39 is 0 Å². The first kappa shape index (κ1) is 16.1. The molecular weight excluding hydrogens is 306 g/mol. The SMILES string of the molecule is CSCC[C@H](NC(=O)[C@@H]1CC=CCC1)c1nc2ccccc2[nH]1. The first-order valence-electron chi connectivity index (χ1n) is 8.17. The molecule has 122 valence electrons. The van der Waals surface area contributed by atoms with Crippen molar-refractivity contribution in [2.75, 3.05) is 12.0 Å². The van der Waals surface area contributed by atoms with E-state index in [1.807, 2.05) is 24.3 Å². The van der Waals surface area contributed by atoms with Crippen LogP contribution in [0, 0.1) is 5.92 Å². The summed E-state index contributed by atoms with van der Waals surface area (Å²) < 4.78 is 0. The van der Waals surface area contributed by atoms with Crippen LogP contribution in [0.1, 0.15) is 37.5 Å². The van der Waals surface area contributed by atoms with E-state index in [2.05, 4.69) is 33.7 Å². The topological polar surface area (TPSA) is 57.8 Å². The average Bonchev–Trinajstić information content (AvgIpc) is 3.03. The Balaban J connectivity index is 1.76. The summed E-state index contributed by atoms with van der Waals surface area (Å²) in [7, 11) is 0. The molecule has 3 rings (SSSR count). The highest BCUT2D eigenvalue weighted by molar-refractivity contribution is 7.98. The molecule has 0 bridgehead atoms. The monoisotopic (exact) mass is 329 g/mol. The summed E-state index contributed by atoms with van der Waals surface area (Å²) in [4.78, 5) is 20.6. The molecule has 0 aliphatic heterocycles. The van der Waals surface area contributed by atoms with E-state index in [4.69, 9.17) is 0 Å². The molecule has 5 heteroatoms. The van der Waals surface area contributed by atoms with E-state index in [1.165, 1.54) is 0 Å². The first-order valence-corrected chi connectivity index (χ1v) is 9.56. The summed E-state index contributed by atoms with van der Waals surface area (Å²) in [5.41, 5.74) is 1.97. The van der Waals surface area contributed by atoms with Crippen molar-refractivity contribution in [1.82, 2.24) is 15.3 Å². The number of benzene rings is 1. The van der Waals surface area contributed by atoms with Gasteiger partial charge in [-0.2, -0.15) is 11.8 Å². The van der Waals surface area contributed by atoms with Gasteiger partial charge in [0.1, 0.15) is 5.82 Å². The van der Waals surface area contributed by atoms with Crippen molar-refractivity contribution in [3.63, 3.8) is 0 Å². The minimum absolute atomic E-state index is 0.0479.